The molecule has 8 rings (SSSR count). The first kappa shape index (κ1) is 31.0. The number of carbonyl (C=O) groups excluding carboxylic acids is 1. The van der Waals surface area contributed by atoms with Gasteiger partial charge in [0.1, 0.15) is 5.65 Å². The van der Waals surface area contributed by atoms with E-state index in [1.807, 2.05) is 37.6 Å². The van der Waals surface area contributed by atoms with Gasteiger partial charge in [-0.1, -0.05) is 0 Å². The molecule has 0 radical (unpaired) electrons. The SMILES string of the molecule is CSc1cc(C)[nH]c(=O)c1CNC(=O)c1c(C)n([C@H](C)C2CCC(NCCC34CC5CC(CC(C5)C3)C4)CC2)c2ncccc12. The summed E-state index contributed by atoms with van der Waals surface area (Å²) in [6, 6.07) is 6.75. The third-order valence-corrected chi connectivity index (χ3v) is 13.0. The van der Waals surface area contributed by atoms with Gasteiger partial charge in [-0.3, -0.25) is 9.59 Å². The molecule has 5 aliphatic rings. The van der Waals surface area contributed by atoms with Gasteiger partial charge in [0.2, 0.25) is 0 Å². The van der Waals surface area contributed by atoms with Gasteiger partial charge in [-0.05, 0) is 151 Å². The van der Waals surface area contributed by atoms with E-state index in [4.69, 9.17) is 4.98 Å². The van der Waals surface area contributed by atoms with Crippen LogP contribution in [0.4, 0.5) is 0 Å². The van der Waals surface area contributed by atoms with Crippen LogP contribution < -0.4 is 16.2 Å². The van der Waals surface area contributed by atoms with E-state index >= 15 is 0 Å². The summed E-state index contributed by atoms with van der Waals surface area (Å²) in [5.41, 5.74) is 4.42. The van der Waals surface area contributed by atoms with Crippen LogP contribution in [0.15, 0.2) is 34.1 Å². The Morgan fingerprint density at radius 1 is 1.11 bits per heavy atom. The molecule has 8 heteroatoms. The van der Waals surface area contributed by atoms with E-state index < -0.39 is 0 Å². The van der Waals surface area contributed by atoms with E-state index in [1.54, 1.807) is 0 Å². The van der Waals surface area contributed by atoms with E-state index in [0.29, 0.717) is 28.5 Å². The molecule has 4 bridgehead atoms. The molecule has 7 nitrogen and oxygen atoms in total. The number of rotatable bonds is 10. The van der Waals surface area contributed by atoms with Gasteiger partial charge >= 0.3 is 0 Å². The summed E-state index contributed by atoms with van der Waals surface area (Å²) in [5, 5.41) is 7.94. The summed E-state index contributed by atoms with van der Waals surface area (Å²) in [4.78, 5) is 34.9. The van der Waals surface area contributed by atoms with Crippen molar-refractivity contribution in [1.29, 1.82) is 0 Å². The van der Waals surface area contributed by atoms with Crippen molar-refractivity contribution in [3.05, 3.63) is 57.3 Å². The first-order chi connectivity index (χ1) is 21.7. The van der Waals surface area contributed by atoms with Gasteiger partial charge in [0.05, 0.1) is 5.56 Å². The lowest BCUT2D eigenvalue weighted by molar-refractivity contribution is -0.0571. The number of hydrogen-bond donors (Lipinski definition) is 3. The zero-order chi connectivity index (χ0) is 31.3. The molecule has 3 heterocycles. The van der Waals surface area contributed by atoms with Crippen LogP contribution >= 0.6 is 11.8 Å². The van der Waals surface area contributed by atoms with Gasteiger partial charge in [0.25, 0.3) is 11.5 Å². The number of aromatic nitrogens is 3. The molecule has 0 spiro atoms. The smallest absolute Gasteiger partial charge is 0.254 e. The highest BCUT2D eigenvalue weighted by Gasteiger charge is 2.50. The minimum absolute atomic E-state index is 0.146. The van der Waals surface area contributed by atoms with Crippen molar-refractivity contribution >= 4 is 28.7 Å². The summed E-state index contributed by atoms with van der Waals surface area (Å²) >= 11 is 1.53. The normalized spacial score (nSPS) is 29.7. The molecule has 3 N–H and O–H groups in total. The van der Waals surface area contributed by atoms with Crippen LogP contribution in [0.25, 0.3) is 11.0 Å². The molecule has 0 aliphatic heterocycles. The van der Waals surface area contributed by atoms with Crippen molar-refractivity contribution < 1.29 is 4.79 Å². The number of carbonyl (C=O) groups is 1. The molecule has 5 saturated carbocycles. The first-order valence-electron chi connectivity index (χ1n) is 17.5. The first-order valence-corrected chi connectivity index (χ1v) is 18.7. The van der Waals surface area contributed by atoms with E-state index in [9.17, 15) is 9.59 Å². The summed E-state index contributed by atoms with van der Waals surface area (Å²) in [7, 11) is 0. The molecule has 0 aromatic carbocycles. The topological polar surface area (TPSA) is 91.8 Å². The largest absolute Gasteiger partial charge is 0.348 e. The second kappa shape index (κ2) is 12.6. The maximum atomic E-state index is 13.7. The fourth-order valence-electron chi connectivity index (χ4n) is 10.5. The fraction of sp³-hybridized carbons (Fsp3) is 0.649. The van der Waals surface area contributed by atoms with Crippen molar-refractivity contribution in [2.24, 2.45) is 29.1 Å². The number of thioether (sulfide) groups is 1. The molecule has 1 amide bonds. The summed E-state index contributed by atoms with van der Waals surface area (Å²) < 4.78 is 2.31. The minimum Gasteiger partial charge on any atom is -0.348 e. The Bertz CT molecular complexity index is 1580. The summed E-state index contributed by atoms with van der Waals surface area (Å²) in [6.07, 6.45) is 19.1. The second-order valence-corrected chi connectivity index (χ2v) is 16.0. The highest BCUT2D eigenvalue weighted by molar-refractivity contribution is 7.98. The molecule has 45 heavy (non-hydrogen) atoms. The quantitative estimate of drug-likeness (QED) is 0.205. The molecule has 5 fully saturated rings. The Balaban J connectivity index is 0.992. The molecular weight excluding hydrogens is 579 g/mol. The second-order valence-electron chi connectivity index (χ2n) is 15.2. The van der Waals surface area contributed by atoms with E-state index in [0.717, 1.165) is 45.1 Å². The zero-order valence-electron chi connectivity index (χ0n) is 27.6. The van der Waals surface area contributed by atoms with Crippen LogP contribution in [0.1, 0.15) is 111 Å². The molecule has 1 atom stereocenters. The number of amides is 1. The number of aryl methyl sites for hydroxylation is 1. The van der Waals surface area contributed by atoms with Gasteiger partial charge in [-0.15, -0.1) is 11.8 Å². The average molecular weight is 630 g/mol. The predicted molar refractivity (Wildman–Crippen MR) is 183 cm³/mol. The van der Waals surface area contributed by atoms with Gasteiger partial charge in [0, 0.05) is 52.1 Å². The molecule has 0 saturated heterocycles. The van der Waals surface area contributed by atoms with E-state index in [1.165, 1.54) is 88.9 Å². The maximum Gasteiger partial charge on any atom is 0.254 e. The zero-order valence-corrected chi connectivity index (χ0v) is 28.4. The van der Waals surface area contributed by atoms with Gasteiger partial charge < -0.3 is 20.2 Å². The van der Waals surface area contributed by atoms with Crippen molar-refractivity contribution in [3.8, 4) is 0 Å². The number of pyridine rings is 2. The predicted octanol–water partition coefficient (Wildman–Crippen LogP) is 7.31. The maximum absolute atomic E-state index is 13.7. The van der Waals surface area contributed by atoms with Crippen molar-refractivity contribution in [2.45, 2.75) is 115 Å². The van der Waals surface area contributed by atoms with Crippen LogP contribution in [-0.2, 0) is 6.54 Å². The molecular formula is C37H51N5O2S. The average Bonchev–Trinajstić information content (AvgIpc) is 3.31. The van der Waals surface area contributed by atoms with Crippen LogP contribution in [0, 0.1) is 42.9 Å². The van der Waals surface area contributed by atoms with Crippen molar-refractivity contribution in [2.75, 3.05) is 12.8 Å². The summed E-state index contributed by atoms with van der Waals surface area (Å²) in [6.45, 7) is 7.62. The molecule has 5 aliphatic carbocycles. The van der Waals surface area contributed by atoms with Gasteiger partial charge in [-0.25, -0.2) is 4.98 Å². The number of nitrogens with one attached hydrogen (secondary N) is 3. The Morgan fingerprint density at radius 2 is 1.80 bits per heavy atom. The minimum atomic E-state index is -0.157. The number of nitrogens with zero attached hydrogens (tertiary/aromatic N) is 2. The highest BCUT2D eigenvalue weighted by Crippen LogP contribution is 2.61. The monoisotopic (exact) mass is 629 g/mol. The van der Waals surface area contributed by atoms with Crippen molar-refractivity contribution in [3.63, 3.8) is 0 Å². The van der Waals surface area contributed by atoms with E-state index in [-0.39, 0.29) is 24.1 Å². The lowest BCUT2D eigenvalue weighted by atomic mass is 9.49. The number of aromatic amines is 1. The summed E-state index contributed by atoms with van der Waals surface area (Å²) in [5.74, 6) is 3.50. The Kier molecular flexibility index (Phi) is 8.66. The van der Waals surface area contributed by atoms with Crippen LogP contribution in [-0.4, -0.2) is 39.3 Å². The number of fused-ring (bicyclic) bond motifs is 1. The lowest BCUT2D eigenvalue weighted by Gasteiger charge is -2.57. The molecule has 0 unspecified atom stereocenters. The van der Waals surface area contributed by atoms with Crippen LogP contribution in [0.2, 0.25) is 0 Å². The van der Waals surface area contributed by atoms with Crippen LogP contribution in [0.3, 0.4) is 0 Å². The van der Waals surface area contributed by atoms with E-state index in [2.05, 4.69) is 34.0 Å². The third-order valence-electron chi connectivity index (χ3n) is 12.2. The van der Waals surface area contributed by atoms with Gasteiger partial charge in [0.15, 0.2) is 0 Å². The highest BCUT2D eigenvalue weighted by atomic mass is 32.2. The van der Waals surface area contributed by atoms with Gasteiger partial charge in [-0.2, -0.15) is 0 Å². The fourth-order valence-corrected chi connectivity index (χ4v) is 11.2. The molecule has 242 valence electrons. The van der Waals surface area contributed by atoms with Crippen molar-refractivity contribution in [1.82, 2.24) is 25.2 Å². The molecule has 3 aromatic rings. The number of hydrogen-bond acceptors (Lipinski definition) is 5. The molecule has 3 aromatic heterocycles. The number of H-pyrrole nitrogens is 1. The third kappa shape index (κ3) is 6.02. The standard InChI is InChI=1S/C37H51N5O2S/c1-22-14-32(45-4)31(35(43)41-22)21-40-36(44)33-24(3)42(34-30(33)6-5-12-39-34)23(2)28-7-9-29(10-8-28)38-13-11-37-18-25-15-26(19-37)17-27(16-25)20-37/h5-6,12,14,23,25-29,38H,7-11,13,15-21H2,1-4H3,(H,40,44)(H,41,43)/t23-,25?,26?,27?,28?,29?,37?/m1/s1. The Hall–Kier alpha value is -2.58. The lowest BCUT2D eigenvalue weighted by Crippen LogP contribution is -2.47. The van der Waals surface area contributed by atoms with Crippen LogP contribution in [0.5, 0.6) is 0 Å². The Morgan fingerprint density at radius 3 is 2.47 bits per heavy atom. The Labute approximate surface area is 272 Å².